The summed E-state index contributed by atoms with van der Waals surface area (Å²) in [4.78, 5) is 24.1. The summed E-state index contributed by atoms with van der Waals surface area (Å²) in [7, 11) is -4.42. The normalized spacial score (nSPS) is 16.2. The largest absolute Gasteiger partial charge is 0.314 e. The minimum absolute atomic E-state index is 0.0103. The zero-order chi connectivity index (χ0) is 18.7. The van der Waals surface area contributed by atoms with Gasteiger partial charge in [0.25, 0.3) is 10.1 Å². The van der Waals surface area contributed by atoms with Crippen LogP contribution in [0.15, 0.2) is 47.4 Å². The van der Waals surface area contributed by atoms with E-state index in [1.54, 1.807) is 18.2 Å². The molecule has 2 aromatic carbocycles. The predicted octanol–water partition coefficient (Wildman–Crippen LogP) is 0.888. The molecule has 1 heterocycles. The van der Waals surface area contributed by atoms with Crippen LogP contribution in [-0.4, -0.2) is 50.7 Å². The minimum atomic E-state index is -4.42. The number of ketones is 2. The standard InChI is InChI=1S/C14H8O5S.C4H10N2/c15-13-9-3-1-2-4-10(9)14(16)12-7-8(20(17,18)19)5-6-11(12)13;1-2-6-4-3-5-1/h1-7H,(H,17,18,19);5-6H,1-4H2. The number of fused-ring (bicyclic) bond motifs is 2. The number of rotatable bonds is 1. The van der Waals surface area contributed by atoms with Crippen LogP contribution < -0.4 is 10.6 Å². The van der Waals surface area contributed by atoms with Crippen molar-refractivity contribution in [1.29, 1.82) is 0 Å². The van der Waals surface area contributed by atoms with Crippen molar-refractivity contribution in [2.75, 3.05) is 26.2 Å². The van der Waals surface area contributed by atoms with Gasteiger partial charge in [0.2, 0.25) is 0 Å². The van der Waals surface area contributed by atoms with Gasteiger partial charge in [0.15, 0.2) is 11.6 Å². The maximum atomic E-state index is 12.3. The molecular weight excluding hydrogens is 356 g/mol. The Bertz CT molecular complexity index is 954. The molecule has 0 amide bonds. The second-order valence-corrected chi connectivity index (χ2v) is 7.31. The van der Waals surface area contributed by atoms with E-state index in [1.807, 2.05) is 0 Å². The number of nitrogens with one attached hydrogen (secondary N) is 2. The lowest BCUT2D eigenvalue weighted by Crippen LogP contribution is -2.39. The van der Waals surface area contributed by atoms with Crippen LogP contribution in [0.2, 0.25) is 0 Å². The molecule has 8 heteroatoms. The van der Waals surface area contributed by atoms with Crippen LogP contribution >= 0.6 is 0 Å². The van der Waals surface area contributed by atoms with Gasteiger partial charge >= 0.3 is 0 Å². The molecule has 4 rings (SSSR count). The first-order chi connectivity index (χ1) is 12.4. The van der Waals surface area contributed by atoms with Crippen molar-refractivity contribution < 1.29 is 22.6 Å². The Morgan fingerprint density at radius 1 is 0.731 bits per heavy atom. The lowest BCUT2D eigenvalue weighted by molar-refractivity contribution is 0.0979. The van der Waals surface area contributed by atoms with Crippen LogP contribution in [0.3, 0.4) is 0 Å². The lowest BCUT2D eigenvalue weighted by atomic mass is 9.84. The van der Waals surface area contributed by atoms with Gasteiger partial charge in [0.05, 0.1) is 4.90 Å². The number of carbonyl (C=O) groups excluding carboxylic acids is 2. The van der Waals surface area contributed by atoms with E-state index < -0.39 is 20.8 Å². The van der Waals surface area contributed by atoms with E-state index in [-0.39, 0.29) is 22.5 Å². The molecule has 0 unspecified atom stereocenters. The van der Waals surface area contributed by atoms with Crippen LogP contribution in [0.1, 0.15) is 31.8 Å². The number of hydrogen-bond acceptors (Lipinski definition) is 6. The maximum absolute atomic E-state index is 12.3. The summed E-state index contributed by atoms with van der Waals surface area (Å²) < 4.78 is 31.2. The summed E-state index contributed by atoms with van der Waals surface area (Å²) in [5.74, 6) is -0.766. The first-order valence-corrected chi connectivity index (χ1v) is 9.55. The molecule has 2 aliphatic rings. The second-order valence-electron chi connectivity index (χ2n) is 5.89. The van der Waals surface area contributed by atoms with Gasteiger partial charge in [-0.25, -0.2) is 0 Å². The highest BCUT2D eigenvalue weighted by molar-refractivity contribution is 7.85. The fourth-order valence-corrected chi connectivity index (χ4v) is 3.35. The molecule has 3 N–H and O–H groups in total. The second kappa shape index (κ2) is 7.46. The highest BCUT2D eigenvalue weighted by Crippen LogP contribution is 2.28. The van der Waals surface area contributed by atoms with E-state index in [2.05, 4.69) is 10.6 Å². The van der Waals surface area contributed by atoms with Crippen molar-refractivity contribution in [3.8, 4) is 0 Å². The monoisotopic (exact) mass is 374 g/mol. The van der Waals surface area contributed by atoms with Crippen molar-refractivity contribution in [2.24, 2.45) is 0 Å². The number of benzene rings is 2. The zero-order valence-electron chi connectivity index (χ0n) is 13.9. The summed E-state index contributed by atoms with van der Waals surface area (Å²) >= 11 is 0. The van der Waals surface area contributed by atoms with Gasteiger partial charge in [-0.05, 0) is 18.2 Å². The molecular formula is C18H18N2O5S. The fraction of sp³-hybridized carbons (Fsp3) is 0.222. The van der Waals surface area contributed by atoms with Crippen LogP contribution in [0.5, 0.6) is 0 Å². The van der Waals surface area contributed by atoms with Crippen molar-refractivity contribution in [1.82, 2.24) is 10.6 Å². The number of carbonyl (C=O) groups is 2. The maximum Gasteiger partial charge on any atom is 0.294 e. The average molecular weight is 374 g/mol. The van der Waals surface area contributed by atoms with Gasteiger partial charge in [-0.15, -0.1) is 0 Å². The van der Waals surface area contributed by atoms with Crippen molar-refractivity contribution in [3.05, 3.63) is 64.7 Å². The Hall–Kier alpha value is -2.39. The minimum Gasteiger partial charge on any atom is -0.314 e. The molecule has 1 fully saturated rings. The molecule has 7 nitrogen and oxygen atoms in total. The van der Waals surface area contributed by atoms with E-state index >= 15 is 0 Å². The van der Waals surface area contributed by atoms with Crippen molar-refractivity contribution >= 4 is 21.7 Å². The molecule has 0 spiro atoms. The molecule has 26 heavy (non-hydrogen) atoms. The van der Waals surface area contributed by atoms with Gasteiger partial charge < -0.3 is 10.6 Å². The Labute approximate surface area is 151 Å². The van der Waals surface area contributed by atoms with Crippen molar-refractivity contribution in [3.63, 3.8) is 0 Å². The quantitative estimate of drug-likeness (QED) is 0.542. The van der Waals surface area contributed by atoms with Crippen LogP contribution in [0.25, 0.3) is 0 Å². The summed E-state index contributed by atoms with van der Waals surface area (Å²) in [6, 6.07) is 9.72. The summed E-state index contributed by atoms with van der Waals surface area (Å²) in [5.41, 5.74) is 0.659. The molecule has 0 aromatic heterocycles. The smallest absolute Gasteiger partial charge is 0.294 e. The topological polar surface area (TPSA) is 113 Å². The Morgan fingerprint density at radius 2 is 1.19 bits per heavy atom. The van der Waals surface area contributed by atoms with Crippen LogP contribution in [-0.2, 0) is 10.1 Å². The number of piperazine rings is 1. The van der Waals surface area contributed by atoms with Gasteiger partial charge in [0, 0.05) is 48.4 Å². The van der Waals surface area contributed by atoms with Crippen LogP contribution in [0.4, 0.5) is 0 Å². The highest BCUT2D eigenvalue weighted by Gasteiger charge is 2.30. The van der Waals surface area contributed by atoms with E-state index in [9.17, 15) is 18.0 Å². The molecule has 1 aliphatic carbocycles. The lowest BCUT2D eigenvalue weighted by Gasteiger charge is -2.17. The molecule has 0 atom stereocenters. The van der Waals surface area contributed by atoms with Gasteiger partial charge in [0.1, 0.15) is 0 Å². The molecule has 0 saturated carbocycles. The highest BCUT2D eigenvalue weighted by atomic mass is 32.2. The third-order valence-corrected chi connectivity index (χ3v) is 5.00. The Morgan fingerprint density at radius 3 is 1.65 bits per heavy atom. The van der Waals surface area contributed by atoms with E-state index in [0.717, 1.165) is 38.3 Å². The van der Waals surface area contributed by atoms with Gasteiger partial charge in [-0.1, -0.05) is 24.3 Å². The zero-order valence-corrected chi connectivity index (χ0v) is 14.7. The van der Waals surface area contributed by atoms with Gasteiger partial charge in [-0.3, -0.25) is 14.1 Å². The molecule has 1 saturated heterocycles. The van der Waals surface area contributed by atoms with E-state index in [1.165, 1.54) is 12.1 Å². The summed E-state index contributed by atoms with van der Waals surface area (Å²) in [6.07, 6.45) is 0. The van der Waals surface area contributed by atoms with E-state index in [0.29, 0.717) is 5.56 Å². The van der Waals surface area contributed by atoms with Gasteiger partial charge in [-0.2, -0.15) is 8.42 Å². The molecule has 2 aromatic rings. The third kappa shape index (κ3) is 3.73. The van der Waals surface area contributed by atoms with Crippen molar-refractivity contribution in [2.45, 2.75) is 4.90 Å². The van der Waals surface area contributed by atoms with E-state index in [4.69, 9.17) is 4.55 Å². The molecule has 0 bridgehead atoms. The molecule has 136 valence electrons. The third-order valence-electron chi connectivity index (χ3n) is 4.15. The molecule has 0 radical (unpaired) electrons. The number of hydrogen-bond donors (Lipinski definition) is 3. The first-order valence-electron chi connectivity index (χ1n) is 8.11. The summed E-state index contributed by atoms with van der Waals surface area (Å²) in [5, 5.41) is 6.44. The van der Waals surface area contributed by atoms with Crippen LogP contribution in [0, 0.1) is 0 Å². The molecule has 1 aliphatic heterocycles. The predicted molar refractivity (Wildman–Crippen MR) is 95.3 cm³/mol. The summed E-state index contributed by atoms with van der Waals surface area (Å²) in [6.45, 7) is 4.56. The fourth-order valence-electron chi connectivity index (χ4n) is 2.84. The SMILES string of the molecule is C1CNCCN1.O=C1c2ccccc2C(=O)c2cc(S(=O)(=O)O)ccc21. The average Bonchev–Trinajstić information content (AvgIpc) is 2.67. The first kappa shape index (κ1) is 18.4. The Kier molecular flexibility index (Phi) is 5.28. The Balaban J connectivity index is 0.000000278.